The minimum absolute atomic E-state index is 0.115. The van der Waals surface area contributed by atoms with Crippen molar-refractivity contribution < 1.29 is 0 Å². The number of H-pyrrole nitrogens is 1. The fraction of sp³-hybridized carbons (Fsp3) is 0.737. The lowest BCUT2D eigenvalue weighted by molar-refractivity contribution is 0.332. The highest BCUT2D eigenvalue weighted by Gasteiger charge is 2.26. The minimum Gasteiger partial charge on any atom is -0.353 e. The normalized spacial score (nSPS) is 19.9. The SMILES string of the molecule is Cn1nc(N(CC2CCCCC2)CC2CCNCC2)c2nc[nH]c(=O)c21. The molecule has 7 heteroatoms. The zero-order valence-corrected chi connectivity index (χ0v) is 15.7. The molecule has 3 heterocycles. The number of hydrogen-bond donors (Lipinski definition) is 2. The highest BCUT2D eigenvalue weighted by molar-refractivity contribution is 5.85. The lowest BCUT2D eigenvalue weighted by Crippen LogP contribution is -2.39. The summed E-state index contributed by atoms with van der Waals surface area (Å²) >= 11 is 0. The molecule has 1 aliphatic carbocycles. The Kier molecular flexibility index (Phi) is 5.24. The lowest BCUT2D eigenvalue weighted by atomic mass is 9.88. The number of aromatic amines is 1. The molecule has 2 aromatic rings. The summed E-state index contributed by atoms with van der Waals surface area (Å²) in [6.07, 6.45) is 10.6. The summed E-state index contributed by atoms with van der Waals surface area (Å²) in [5.74, 6) is 2.29. The molecule has 2 fully saturated rings. The molecule has 26 heavy (non-hydrogen) atoms. The maximum absolute atomic E-state index is 12.2. The molecule has 1 saturated carbocycles. The van der Waals surface area contributed by atoms with Crippen LogP contribution in [0.5, 0.6) is 0 Å². The van der Waals surface area contributed by atoms with Crippen LogP contribution in [0.15, 0.2) is 11.1 Å². The second kappa shape index (κ2) is 7.78. The van der Waals surface area contributed by atoms with Crippen LogP contribution in [0.4, 0.5) is 5.82 Å². The molecule has 0 spiro atoms. The zero-order chi connectivity index (χ0) is 17.9. The van der Waals surface area contributed by atoms with Crippen LogP contribution < -0.4 is 15.8 Å². The first-order valence-electron chi connectivity index (χ1n) is 10.1. The van der Waals surface area contributed by atoms with Crippen molar-refractivity contribution in [3.05, 3.63) is 16.7 Å². The van der Waals surface area contributed by atoms with Gasteiger partial charge in [0.05, 0.1) is 6.33 Å². The third-order valence-corrected chi connectivity index (χ3v) is 6.05. The average Bonchev–Trinajstić information content (AvgIpc) is 3.01. The summed E-state index contributed by atoms with van der Waals surface area (Å²) < 4.78 is 1.69. The Morgan fingerprint density at radius 2 is 1.81 bits per heavy atom. The first-order valence-corrected chi connectivity index (χ1v) is 10.1. The predicted molar refractivity (Wildman–Crippen MR) is 104 cm³/mol. The van der Waals surface area contributed by atoms with Gasteiger partial charge in [-0.2, -0.15) is 5.10 Å². The lowest BCUT2D eigenvalue weighted by Gasteiger charge is -2.34. The van der Waals surface area contributed by atoms with Gasteiger partial charge in [0.25, 0.3) is 5.56 Å². The second-order valence-electron chi connectivity index (χ2n) is 7.98. The molecule has 2 N–H and O–H groups in total. The number of nitrogens with one attached hydrogen (secondary N) is 2. The predicted octanol–water partition coefficient (Wildman–Crippen LogP) is 2.04. The van der Waals surface area contributed by atoms with Crippen LogP contribution in [0.2, 0.25) is 0 Å². The van der Waals surface area contributed by atoms with E-state index >= 15 is 0 Å². The summed E-state index contributed by atoms with van der Waals surface area (Å²) in [4.78, 5) is 21.8. The maximum atomic E-state index is 12.2. The van der Waals surface area contributed by atoms with Crippen molar-refractivity contribution in [2.75, 3.05) is 31.1 Å². The Hall–Kier alpha value is -1.89. The van der Waals surface area contributed by atoms with Crippen molar-refractivity contribution in [3.63, 3.8) is 0 Å². The van der Waals surface area contributed by atoms with Crippen molar-refractivity contribution in [2.24, 2.45) is 18.9 Å². The van der Waals surface area contributed by atoms with Crippen LogP contribution in [-0.2, 0) is 7.05 Å². The summed E-state index contributed by atoms with van der Waals surface area (Å²) in [5.41, 5.74) is 1.19. The summed E-state index contributed by atoms with van der Waals surface area (Å²) in [5, 5.41) is 8.18. The Morgan fingerprint density at radius 3 is 2.54 bits per heavy atom. The molecule has 7 nitrogen and oxygen atoms in total. The number of hydrogen-bond acceptors (Lipinski definition) is 5. The van der Waals surface area contributed by atoms with E-state index in [2.05, 4.69) is 20.2 Å². The molecule has 1 aliphatic heterocycles. The molecule has 0 bridgehead atoms. The van der Waals surface area contributed by atoms with Crippen LogP contribution in [-0.4, -0.2) is 45.9 Å². The van der Waals surface area contributed by atoms with Gasteiger partial charge in [-0.1, -0.05) is 19.3 Å². The van der Waals surface area contributed by atoms with E-state index in [0.29, 0.717) is 11.4 Å². The molecule has 2 aromatic heterocycles. The number of piperidine rings is 1. The fourth-order valence-electron chi connectivity index (χ4n) is 4.61. The topological polar surface area (TPSA) is 78.8 Å². The molecule has 142 valence electrons. The van der Waals surface area contributed by atoms with Gasteiger partial charge in [-0.25, -0.2) is 4.98 Å². The summed E-state index contributed by atoms with van der Waals surface area (Å²) in [6.45, 7) is 4.24. The number of rotatable bonds is 5. The van der Waals surface area contributed by atoms with Crippen molar-refractivity contribution >= 4 is 16.9 Å². The standard InChI is InChI=1S/C19H30N6O/c1-24-17-16(21-13-22-19(17)26)18(23-24)25(11-14-5-3-2-4-6-14)12-15-7-9-20-10-8-15/h13-15,20H,2-12H2,1H3,(H,21,22,26). The van der Waals surface area contributed by atoms with Gasteiger partial charge < -0.3 is 15.2 Å². The van der Waals surface area contributed by atoms with Crippen molar-refractivity contribution in [1.29, 1.82) is 0 Å². The molecular weight excluding hydrogens is 328 g/mol. The molecule has 0 unspecified atom stereocenters. The smallest absolute Gasteiger partial charge is 0.276 e. The van der Waals surface area contributed by atoms with Gasteiger partial charge >= 0.3 is 0 Å². The van der Waals surface area contributed by atoms with Crippen LogP contribution in [0, 0.1) is 11.8 Å². The van der Waals surface area contributed by atoms with E-state index in [4.69, 9.17) is 5.10 Å². The minimum atomic E-state index is -0.115. The second-order valence-corrected chi connectivity index (χ2v) is 7.98. The Bertz CT molecular complexity index is 765. The van der Waals surface area contributed by atoms with Gasteiger partial charge in [0.15, 0.2) is 11.3 Å². The quantitative estimate of drug-likeness (QED) is 0.855. The van der Waals surface area contributed by atoms with E-state index in [-0.39, 0.29) is 5.56 Å². The van der Waals surface area contributed by atoms with Gasteiger partial charge in [0, 0.05) is 20.1 Å². The van der Waals surface area contributed by atoms with Crippen LogP contribution in [0.25, 0.3) is 11.0 Å². The summed E-state index contributed by atoms with van der Waals surface area (Å²) in [7, 11) is 1.84. The van der Waals surface area contributed by atoms with Crippen LogP contribution in [0.1, 0.15) is 44.9 Å². The number of fused-ring (bicyclic) bond motifs is 1. The third kappa shape index (κ3) is 3.63. The third-order valence-electron chi connectivity index (χ3n) is 6.05. The number of anilines is 1. The zero-order valence-electron chi connectivity index (χ0n) is 15.7. The van der Waals surface area contributed by atoms with Crippen molar-refractivity contribution in [3.8, 4) is 0 Å². The van der Waals surface area contributed by atoms with E-state index in [1.807, 2.05) is 7.05 Å². The molecule has 4 rings (SSSR count). The molecule has 0 atom stereocenters. The van der Waals surface area contributed by atoms with Crippen molar-refractivity contribution in [1.82, 2.24) is 25.1 Å². The van der Waals surface area contributed by atoms with Gasteiger partial charge in [0.2, 0.25) is 0 Å². The molecule has 0 amide bonds. The molecular formula is C19H30N6O. The van der Waals surface area contributed by atoms with Crippen LogP contribution in [0.3, 0.4) is 0 Å². The molecule has 0 aromatic carbocycles. The highest BCUT2D eigenvalue weighted by atomic mass is 16.1. The highest BCUT2D eigenvalue weighted by Crippen LogP contribution is 2.29. The largest absolute Gasteiger partial charge is 0.353 e. The monoisotopic (exact) mass is 358 g/mol. The van der Waals surface area contributed by atoms with Gasteiger partial charge in [-0.15, -0.1) is 0 Å². The average molecular weight is 358 g/mol. The Morgan fingerprint density at radius 1 is 1.12 bits per heavy atom. The van der Waals surface area contributed by atoms with Gasteiger partial charge in [-0.3, -0.25) is 9.48 Å². The number of nitrogens with zero attached hydrogens (tertiary/aromatic N) is 4. The van der Waals surface area contributed by atoms with E-state index in [1.165, 1.54) is 51.3 Å². The Labute approximate surface area is 154 Å². The van der Waals surface area contributed by atoms with Crippen molar-refractivity contribution in [2.45, 2.75) is 44.9 Å². The maximum Gasteiger partial charge on any atom is 0.276 e. The number of aromatic nitrogens is 4. The number of aryl methyl sites for hydroxylation is 1. The molecule has 2 aliphatic rings. The fourth-order valence-corrected chi connectivity index (χ4v) is 4.61. The van der Waals surface area contributed by atoms with E-state index in [1.54, 1.807) is 4.68 Å². The molecule has 1 saturated heterocycles. The van der Waals surface area contributed by atoms with E-state index < -0.39 is 0 Å². The first-order chi connectivity index (χ1) is 12.7. The van der Waals surface area contributed by atoms with Gasteiger partial charge in [-0.05, 0) is 50.6 Å². The van der Waals surface area contributed by atoms with Gasteiger partial charge in [0.1, 0.15) is 5.52 Å². The Balaban J connectivity index is 1.65. The summed E-state index contributed by atoms with van der Waals surface area (Å²) in [6, 6.07) is 0. The molecule has 0 radical (unpaired) electrons. The van der Waals surface area contributed by atoms with E-state index in [0.717, 1.165) is 43.4 Å². The van der Waals surface area contributed by atoms with Crippen LogP contribution >= 0.6 is 0 Å². The van der Waals surface area contributed by atoms with E-state index in [9.17, 15) is 4.79 Å². The first kappa shape index (κ1) is 17.5.